The topological polar surface area (TPSA) is 111 Å². The van der Waals surface area contributed by atoms with Crippen molar-refractivity contribution in [2.24, 2.45) is 0 Å². The zero-order valence-electron chi connectivity index (χ0n) is 16.3. The Labute approximate surface area is 175 Å². The maximum Gasteiger partial charge on any atom is 0.265 e. The number of hydrogen-bond acceptors (Lipinski definition) is 7. The van der Waals surface area contributed by atoms with Crippen molar-refractivity contribution in [3.05, 3.63) is 36.4 Å². The fraction of sp³-hybridized carbons (Fsp3) is 0.368. The molecule has 4 rings (SSSR count). The smallest absolute Gasteiger partial charge is 0.265 e. The number of anilines is 2. The molecule has 1 saturated heterocycles. The Morgan fingerprint density at radius 3 is 2.53 bits per heavy atom. The van der Waals surface area contributed by atoms with Gasteiger partial charge in [-0.05, 0) is 43.2 Å². The van der Waals surface area contributed by atoms with Crippen LogP contribution in [-0.4, -0.2) is 49.5 Å². The van der Waals surface area contributed by atoms with Gasteiger partial charge in [0.2, 0.25) is 10.0 Å². The number of hydrogen-bond donors (Lipinski definition) is 1. The van der Waals surface area contributed by atoms with Crippen molar-refractivity contribution in [3.8, 4) is 17.2 Å². The first-order valence-electron chi connectivity index (χ1n) is 9.41. The highest BCUT2D eigenvalue weighted by Crippen LogP contribution is 2.35. The maximum atomic E-state index is 13.1. The summed E-state index contributed by atoms with van der Waals surface area (Å²) in [6, 6.07) is 9.05. The zero-order valence-corrected chi connectivity index (χ0v) is 18.0. The van der Waals surface area contributed by atoms with E-state index in [-0.39, 0.29) is 27.8 Å². The van der Waals surface area contributed by atoms with E-state index in [0.29, 0.717) is 44.1 Å². The van der Waals surface area contributed by atoms with Gasteiger partial charge in [0, 0.05) is 12.6 Å². The van der Waals surface area contributed by atoms with E-state index in [4.69, 9.17) is 14.2 Å². The molecule has 162 valence electrons. The highest BCUT2D eigenvalue weighted by Gasteiger charge is 2.29. The fourth-order valence-corrected chi connectivity index (χ4v) is 6.30. The van der Waals surface area contributed by atoms with Crippen molar-refractivity contribution in [1.29, 1.82) is 0 Å². The van der Waals surface area contributed by atoms with Crippen LogP contribution in [0, 0.1) is 0 Å². The van der Waals surface area contributed by atoms with Crippen molar-refractivity contribution in [1.82, 2.24) is 0 Å². The summed E-state index contributed by atoms with van der Waals surface area (Å²) in [5.74, 6) is 1.13. The first-order chi connectivity index (χ1) is 14.3. The average Bonchev–Trinajstić information content (AvgIpc) is 2.72. The second-order valence-corrected chi connectivity index (χ2v) is 10.6. The van der Waals surface area contributed by atoms with Gasteiger partial charge in [-0.1, -0.05) is 0 Å². The number of nitrogens with one attached hydrogen (secondary N) is 1. The van der Waals surface area contributed by atoms with Crippen molar-refractivity contribution in [2.45, 2.75) is 17.7 Å². The van der Waals surface area contributed by atoms with E-state index in [2.05, 4.69) is 4.72 Å². The Balaban J connectivity index is 1.69. The number of methoxy groups -OCH3 is 1. The van der Waals surface area contributed by atoms with Crippen LogP contribution >= 0.6 is 0 Å². The highest BCUT2D eigenvalue weighted by molar-refractivity contribution is 7.93. The Morgan fingerprint density at radius 2 is 1.80 bits per heavy atom. The Bertz CT molecular complexity index is 1160. The van der Waals surface area contributed by atoms with Gasteiger partial charge in [-0.3, -0.25) is 9.03 Å². The summed E-state index contributed by atoms with van der Waals surface area (Å²) < 4.78 is 71.0. The highest BCUT2D eigenvalue weighted by atomic mass is 32.2. The molecule has 1 fully saturated rings. The molecule has 0 bridgehead atoms. The lowest BCUT2D eigenvalue weighted by molar-refractivity contribution is 0.171. The number of sulfonamides is 2. The van der Waals surface area contributed by atoms with Crippen molar-refractivity contribution >= 4 is 31.4 Å². The number of fused-ring (bicyclic) bond motifs is 1. The Hall–Kier alpha value is -2.66. The average molecular weight is 455 g/mol. The van der Waals surface area contributed by atoms with Crippen LogP contribution in [0.2, 0.25) is 0 Å². The Morgan fingerprint density at radius 1 is 1.03 bits per heavy atom. The van der Waals surface area contributed by atoms with Gasteiger partial charge >= 0.3 is 0 Å². The predicted octanol–water partition coefficient (Wildman–Crippen LogP) is 2.20. The van der Waals surface area contributed by atoms with Gasteiger partial charge in [0.05, 0.1) is 24.2 Å². The predicted molar refractivity (Wildman–Crippen MR) is 112 cm³/mol. The maximum absolute atomic E-state index is 13.1. The van der Waals surface area contributed by atoms with E-state index in [9.17, 15) is 16.8 Å². The molecular formula is C19H22N2O7S2. The molecule has 0 unspecified atom stereocenters. The summed E-state index contributed by atoms with van der Waals surface area (Å²) >= 11 is 0. The van der Waals surface area contributed by atoms with Crippen LogP contribution in [0.25, 0.3) is 0 Å². The normalized spacial score (nSPS) is 18.0. The van der Waals surface area contributed by atoms with Crippen LogP contribution in [0.4, 0.5) is 11.4 Å². The van der Waals surface area contributed by atoms with Gasteiger partial charge in [-0.15, -0.1) is 0 Å². The standard InChI is InChI=1S/C19H22N2O7S2/c1-26-17-7-5-15(21-8-2-3-11-29(21,22)23)13-19(17)30(24,25)20-14-4-6-16-18(12-14)28-10-9-27-16/h4-7,12-13,20H,2-3,8-11H2,1H3. The fourth-order valence-electron chi connectivity index (χ4n) is 3.43. The molecule has 9 nitrogen and oxygen atoms in total. The van der Waals surface area contributed by atoms with Crippen LogP contribution in [-0.2, 0) is 20.0 Å². The van der Waals surface area contributed by atoms with Gasteiger partial charge in [0.1, 0.15) is 23.9 Å². The molecule has 0 amide bonds. The van der Waals surface area contributed by atoms with E-state index in [0.717, 1.165) is 0 Å². The van der Waals surface area contributed by atoms with E-state index >= 15 is 0 Å². The van der Waals surface area contributed by atoms with E-state index < -0.39 is 20.0 Å². The van der Waals surface area contributed by atoms with E-state index in [1.165, 1.54) is 29.6 Å². The van der Waals surface area contributed by atoms with Gasteiger partial charge in [0.25, 0.3) is 10.0 Å². The second-order valence-electron chi connectivity index (χ2n) is 6.89. The lowest BCUT2D eigenvalue weighted by atomic mass is 10.2. The lowest BCUT2D eigenvalue weighted by Gasteiger charge is -2.28. The van der Waals surface area contributed by atoms with Crippen molar-refractivity contribution in [2.75, 3.05) is 41.6 Å². The molecule has 0 atom stereocenters. The summed E-state index contributed by atoms with van der Waals surface area (Å²) in [6.07, 6.45) is 1.30. The number of ether oxygens (including phenoxy) is 3. The van der Waals surface area contributed by atoms with Gasteiger partial charge in [-0.25, -0.2) is 16.8 Å². The number of nitrogens with zero attached hydrogens (tertiary/aromatic N) is 1. The molecule has 0 aliphatic carbocycles. The Kier molecular flexibility index (Phi) is 5.41. The quantitative estimate of drug-likeness (QED) is 0.737. The van der Waals surface area contributed by atoms with Crippen LogP contribution in [0.15, 0.2) is 41.3 Å². The zero-order chi connectivity index (χ0) is 21.4. The molecule has 0 aromatic heterocycles. The molecule has 2 heterocycles. The minimum atomic E-state index is -4.07. The van der Waals surface area contributed by atoms with Gasteiger partial charge in [-0.2, -0.15) is 0 Å². The van der Waals surface area contributed by atoms with Crippen LogP contribution in [0.5, 0.6) is 17.2 Å². The monoisotopic (exact) mass is 454 g/mol. The third-order valence-corrected chi connectivity index (χ3v) is 8.14. The van der Waals surface area contributed by atoms with Gasteiger partial charge in [0.15, 0.2) is 11.5 Å². The largest absolute Gasteiger partial charge is 0.495 e. The van der Waals surface area contributed by atoms with Crippen LogP contribution < -0.4 is 23.2 Å². The summed E-state index contributed by atoms with van der Waals surface area (Å²) in [7, 11) is -6.20. The molecule has 0 saturated carbocycles. The number of benzene rings is 2. The molecule has 2 aromatic carbocycles. The summed E-state index contributed by atoms with van der Waals surface area (Å²) in [6.45, 7) is 1.12. The van der Waals surface area contributed by atoms with Crippen LogP contribution in [0.3, 0.4) is 0 Å². The molecule has 11 heteroatoms. The SMILES string of the molecule is COc1ccc(N2CCCCS2(=O)=O)cc1S(=O)(=O)Nc1ccc2c(c1)OCCO2. The molecule has 30 heavy (non-hydrogen) atoms. The minimum Gasteiger partial charge on any atom is -0.495 e. The molecule has 2 aromatic rings. The van der Waals surface area contributed by atoms with E-state index in [1.54, 1.807) is 18.2 Å². The summed E-state index contributed by atoms with van der Waals surface area (Å²) in [5, 5.41) is 0. The van der Waals surface area contributed by atoms with Gasteiger partial charge < -0.3 is 14.2 Å². The number of rotatable bonds is 5. The second kappa shape index (κ2) is 7.88. The molecule has 0 radical (unpaired) electrons. The molecule has 1 N–H and O–H groups in total. The molecule has 2 aliphatic heterocycles. The third kappa shape index (κ3) is 3.99. The van der Waals surface area contributed by atoms with Crippen LogP contribution in [0.1, 0.15) is 12.8 Å². The molecule has 2 aliphatic rings. The first kappa shape index (κ1) is 20.6. The lowest BCUT2D eigenvalue weighted by Crippen LogP contribution is -2.37. The van der Waals surface area contributed by atoms with Crippen molar-refractivity contribution in [3.63, 3.8) is 0 Å². The molecular weight excluding hydrogens is 432 g/mol. The first-order valence-corrected chi connectivity index (χ1v) is 12.5. The molecule has 0 spiro atoms. The summed E-state index contributed by atoms with van der Waals surface area (Å²) in [4.78, 5) is -0.154. The third-order valence-electron chi connectivity index (χ3n) is 4.87. The summed E-state index contributed by atoms with van der Waals surface area (Å²) in [5.41, 5.74) is 0.579. The van der Waals surface area contributed by atoms with Crippen molar-refractivity contribution < 1.29 is 31.0 Å². The minimum absolute atomic E-state index is 0.0383. The van der Waals surface area contributed by atoms with E-state index in [1.807, 2.05) is 0 Å².